The number of hydrogen-bond donors (Lipinski definition) is 3. The van der Waals surface area contributed by atoms with Crippen LogP contribution in [0.4, 0.5) is 10.5 Å². The highest BCUT2D eigenvalue weighted by atomic mass is 16.6. The molecular formula is C27H36N4O6. The third kappa shape index (κ3) is 10.7. The van der Waals surface area contributed by atoms with Gasteiger partial charge >= 0.3 is 12.1 Å². The molecule has 0 aliphatic rings. The first-order valence-electron chi connectivity index (χ1n) is 11.9. The molecule has 2 amide bonds. The fraction of sp³-hybridized carbons (Fsp3) is 0.444. The molecule has 3 N–H and O–H groups in total. The molecule has 2 atom stereocenters. The van der Waals surface area contributed by atoms with Crippen molar-refractivity contribution in [2.45, 2.75) is 72.3 Å². The van der Waals surface area contributed by atoms with Gasteiger partial charge in [0.1, 0.15) is 24.3 Å². The van der Waals surface area contributed by atoms with Gasteiger partial charge in [-0.05, 0) is 43.9 Å². The molecule has 0 radical (unpaired) electrons. The maximum absolute atomic E-state index is 13.3. The van der Waals surface area contributed by atoms with Crippen molar-refractivity contribution >= 4 is 29.6 Å². The summed E-state index contributed by atoms with van der Waals surface area (Å²) in [5.41, 5.74) is -0.156. The molecule has 37 heavy (non-hydrogen) atoms. The molecule has 2 aromatic rings. The number of aliphatic carboxylic acids is 1. The van der Waals surface area contributed by atoms with Crippen LogP contribution in [0.15, 0.2) is 59.9 Å². The number of pyridine rings is 1. The Bertz CT molecular complexity index is 1080. The number of nitrogens with one attached hydrogen (secondary N) is 2. The van der Waals surface area contributed by atoms with Crippen molar-refractivity contribution in [1.29, 1.82) is 0 Å². The summed E-state index contributed by atoms with van der Waals surface area (Å²) in [6.45, 7) is 10.6. The van der Waals surface area contributed by atoms with E-state index in [1.165, 1.54) is 0 Å². The third-order valence-electron chi connectivity index (χ3n) is 4.87. The minimum absolute atomic E-state index is 0.0502. The molecular weight excluding hydrogens is 476 g/mol. The summed E-state index contributed by atoms with van der Waals surface area (Å²) in [6.07, 6.45) is 1.73. The molecule has 0 fully saturated rings. The van der Waals surface area contributed by atoms with Crippen LogP contribution in [-0.4, -0.2) is 51.6 Å². The molecule has 0 saturated carbocycles. The maximum Gasteiger partial charge on any atom is 0.408 e. The Labute approximate surface area is 217 Å². The summed E-state index contributed by atoms with van der Waals surface area (Å²) in [4.78, 5) is 46.1. The number of aliphatic imine (C=N–C) groups is 1. The number of carboxylic acid groups (broad SMARTS) is 1. The average Bonchev–Trinajstić information content (AvgIpc) is 2.77. The Morgan fingerprint density at radius 1 is 1.00 bits per heavy atom. The monoisotopic (exact) mass is 512 g/mol. The Hall–Kier alpha value is -3.95. The van der Waals surface area contributed by atoms with E-state index in [-0.39, 0.29) is 12.5 Å². The Morgan fingerprint density at radius 2 is 1.62 bits per heavy atom. The smallest absolute Gasteiger partial charge is 0.408 e. The van der Waals surface area contributed by atoms with E-state index in [2.05, 4.69) is 20.6 Å². The van der Waals surface area contributed by atoms with Crippen LogP contribution in [0.2, 0.25) is 0 Å². The molecule has 0 aliphatic carbocycles. The first kappa shape index (κ1) is 29.3. The van der Waals surface area contributed by atoms with Gasteiger partial charge in [-0.1, -0.05) is 51.1 Å². The lowest BCUT2D eigenvalue weighted by Crippen LogP contribution is -2.47. The van der Waals surface area contributed by atoms with Gasteiger partial charge in [0.15, 0.2) is 0 Å². The van der Waals surface area contributed by atoms with Crippen LogP contribution in [0.1, 0.15) is 53.5 Å². The maximum atomic E-state index is 13.3. The van der Waals surface area contributed by atoms with E-state index in [1.807, 2.05) is 51.1 Å². The van der Waals surface area contributed by atoms with Crippen molar-refractivity contribution in [1.82, 2.24) is 10.3 Å². The molecule has 2 rings (SSSR count). The molecule has 1 aromatic carbocycles. The number of anilines is 1. The van der Waals surface area contributed by atoms with Crippen LogP contribution < -0.4 is 10.6 Å². The molecule has 0 aliphatic heterocycles. The van der Waals surface area contributed by atoms with E-state index >= 15 is 0 Å². The number of nitrogens with zero attached hydrogens (tertiary/aromatic N) is 2. The first-order chi connectivity index (χ1) is 17.2. The minimum atomic E-state index is -1.19. The molecule has 10 nitrogen and oxygen atoms in total. The molecule has 0 unspecified atom stereocenters. The largest absolute Gasteiger partial charge is 0.481 e. The van der Waals surface area contributed by atoms with Crippen LogP contribution in [0.25, 0.3) is 0 Å². The highest BCUT2D eigenvalue weighted by Crippen LogP contribution is 2.25. The topological polar surface area (TPSA) is 139 Å². The standard InChI is InChI=1S/C27H36N4O6/c1-26(2,3)22(23(34)29-19-12-14-28-15-13-19)31-24(36-17-18-10-8-7-9-11-18)20(16-21(32)33)30-25(35)37-27(4,5)6/h7-15,20,22H,16-17H2,1-6H3,(H,30,35)(H,32,33)(H,28,29,34)/t20-,22-/m1/s1. The number of carbonyl (C=O) groups is 3. The summed E-state index contributed by atoms with van der Waals surface area (Å²) in [5.74, 6) is -1.71. The highest BCUT2D eigenvalue weighted by Gasteiger charge is 2.34. The normalized spacial score (nSPS) is 13.7. The van der Waals surface area contributed by atoms with Gasteiger partial charge in [-0.2, -0.15) is 0 Å². The molecule has 0 bridgehead atoms. The predicted molar refractivity (Wildman–Crippen MR) is 140 cm³/mol. The number of carboxylic acids is 1. The fourth-order valence-corrected chi connectivity index (χ4v) is 3.20. The zero-order valence-corrected chi connectivity index (χ0v) is 22.1. The van der Waals surface area contributed by atoms with Crippen LogP contribution in [0, 0.1) is 5.41 Å². The summed E-state index contributed by atoms with van der Waals surface area (Å²) < 4.78 is 11.3. The second-order valence-corrected chi connectivity index (χ2v) is 10.5. The highest BCUT2D eigenvalue weighted by molar-refractivity contribution is 5.98. The minimum Gasteiger partial charge on any atom is -0.481 e. The number of amides is 2. The Morgan fingerprint density at radius 3 is 2.16 bits per heavy atom. The van der Waals surface area contributed by atoms with Gasteiger partial charge in [0.2, 0.25) is 11.8 Å². The van der Waals surface area contributed by atoms with Crippen molar-refractivity contribution in [2.75, 3.05) is 5.32 Å². The van der Waals surface area contributed by atoms with Crippen LogP contribution in [-0.2, 0) is 25.7 Å². The molecule has 0 saturated heterocycles. The lowest BCUT2D eigenvalue weighted by atomic mass is 9.86. The zero-order valence-electron chi connectivity index (χ0n) is 22.1. The van der Waals surface area contributed by atoms with E-state index in [4.69, 9.17) is 9.47 Å². The predicted octanol–water partition coefficient (Wildman–Crippen LogP) is 4.42. The van der Waals surface area contributed by atoms with E-state index in [9.17, 15) is 19.5 Å². The van der Waals surface area contributed by atoms with Crippen molar-refractivity contribution in [3.8, 4) is 0 Å². The summed E-state index contributed by atoms with van der Waals surface area (Å²) >= 11 is 0. The number of hydrogen-bond acceptors (Lipinski definition) is 7. The van der Waals surface area contributed by atoms with E-state index in [1.54, 1.807) is 45.3 Å². The van der Waals surface area contributed by atoms with Crippen LogP contribution in [0.3, 0.4) is 0 Å². The molecule has 10 heteroatoms. The summed E-state index contributed by atoms with van der Waals surface area (Å²) in [6, 6.07) is 10.3. The Kier molecular flexibility index (Phi) is 10.2. The van der Waals surface area contributed by atoms with E-state index in [0.29, 0.717) is 5.69 Å². The number of rotatable bonds is 9. The Balaban J connectivity index is 2.47. The third-order valence-corrected chi connectivity index (χ3v) is 4.87. The first-order valence-corrected chi connectivity index (χ1v) is 11.9. The lowest BCUT2D eigenvalue weighted by molar-refractivity contribution is -0.137. The van der Waals surface area contributed by atoms with Crippen LogP contribution in [0.5, 0.6) is 0 Å². The van der Waals surface area contributed by atoms with Gasteiger partial charge in [-0.15, -0.1) is 0 Å². The van der Waals surface area contributed by atoms with Gasteiger partial charge in [0, 0.05) is 18.1 Å². The van der Waals surface area contributed by atoms with Crippen molar-refractivity contribution in [3.63, 3.8) is 0 Å². The molecule has 1 aromatic heterocycles. The van der Waals surface area contributed by atoms with Gasteiger partial charge in [-0.25, -0.2) is 9.79 Å². The molecule has 1 heterocycles. The fourth-order valence-electron chi connectivity index (χ4n) is 3.20. The molecule has 200 valence electrons. The lowest BCUT2D eigenvalue weighted by Gasteiger charge is -2.29. The number of carbonyl (C=O) groups excluding carboxylic acids is 2. The average molecular weight is 513 g/mol. The quantitative estimate of drug-likeness (QED) is 0.334. The van der Waals surface area contributed by atoms with Gasteiger partial charge < -0.3 is 25.2 Å². The summed E-state index contributed by atoms with van der Waals surface area (Å²) in [7, 11) is 0. The SMILES string of the molecule is CC(C)(C)OC(=O)N[C@H](CC(=O)O)C(=N[C@H](C(=O)Nc1ccncc1)C(C)(C)C)OCc1ccccc1. The second-order valence-electron chi connectivity index (χ2n) is 10.5. The number of benzene rings is 1. The van der Waals surface area contributed by atoms with Crippen molar-refractivity contribution in [2.24, 2.45) is 10.4 Å². The van der Waals surface area contributed by atoms with Crippen LogP contribution >= 0.6 is 0 Å². The summed E-state index contributed by atoms with van der Waals surface area (Å²) in [5, 5.41) is 14.9. The number of aromatic nitrogens is 1. The van der Waals surface area contributed by atoms with Gasteiger partial charge in [0.25, 0.3) is 0 Å². The zero-order chi connectivity index (χ0) is 27.6. The van der Waals surface area contributed by atoms with Gasteiger partial charge in [-0.3, -0.25) is 14.6 Å². The van der Waals surface area contributed by atoms with Gasteiger partial charge in [0.05, 0.1) is 6.42 Å². The van der Waals surface area contributed by atoms with Crippen molar-refractivity contribution < 1.29 is 29.0 Å². The number of alkyl carbamates (subject to hydrolysis) is 1. The molecule has 0 spiro atoms. The van der Waals surface area contributed by atoms with E-state index < -0.39 is 47.5 Å². The van der Waals surface area contributed by atoms with Crippen molar-refractivity contribution in [3.05, 3.63) is 60.4 Å². The number of ether oxygens (including phenoxy) is 2. The second kappa shape index (κ2) is 12.8. The van der Waals surface area contributed by atoms with E-state index in [0.717, 1.165) is 5.56 Å².